The number of carbonyl (C=O) groups excluding carboxylic acids is 1. The number of thiophene rings is 1. The third-order valence-electron chi connectivity index (χ3n) is 3.53. The van der Waals surface area contributed by atoms with E-state index in [2.05, 4.69) is 0 Å². The molecular weight excluding hydrogens is 314 g/mol. The Kier molecular flexibility index (Phi) is 6.68. The lowest BCUT2D eigenvalue weighted by Gasteiger charge is -2.28. The number of halogens is 1. The molecule has 1 saturated carbocycles. The maximum atomic E-state index is 12.3. The summed E-state index contributed by atoms with van der Waals surface area (Å²) in [5.74, 6) is 1.45. The standard InChI is InChI=1S/C14H20ClNO2S2/c15-13-6-5-12(20-13)9-19-10-14(18)16(7-8-17)11-3-1-2-4-11/h5-6,11,17H,1-4,7-10H2. The summed E-state index contributed by atoms with van der Waals surface area (Å²) in [4.78, 5) is 15.4. The van der Waals surface area contributed by atoms with Crippen molar-refractivity contribution in [2.75, 3.05) is 18.9 Å². The molecule has 1 aromatic rings. The van der Waals surface area contributed by atoms with Gasteiger partial charge in [0, 0.05) is 23.2 Å². The largest absolute Gasteiger partial charge is 0.395 e. The fourth-order valence-electron chi connectivity index (χ4n) is 2.59. The molecule has 0 unspecified atom stereocenters. The van der Waals surface area contributed by atoms with E-state index in [9.17, 15) is 4.79 Å². The van der Waals surface area contributed by atoms with Gasteiger partial charge in [-0.1, -0.05) is 24.4 Å². The number of nitrogens with zero attached hydrogens (tertiary/aromatic N) is 1. The molecule has 1 aromatic heterocycles. The Bertz CT molecular complexity index is 433. The maximum Gasteiger partial charge on any atom is 0.232 e. The number of aliphatic hydroxyl groups is 1. The Morgan fingerprint density at radius 3 is 2.80 bits per heavy atom. The summed E-state index contributed by atoms with van der Waals surface area (Å²) in [7, 11) is 0. The van der Waals surface area contributed by atoms with Crippen LogP contribution in [0.2, 0.25) is 4.34 Å². The van der Waals surface area contributed by atoms with Gasteiger partial charge in [0.1, 0.15) is 0 Å². The first-order valence-corrected chi connectivity index (χ1v) is 9.28. The Morgan fingerprint density at radius 2 is 2.20 bits per heavy atom. The highest BCUT2D eigenvalue weighted by molar-refractivity contribution is 7.99. The van der Waals surface area contributed by atoms with Crippen molar-refractivity contribution in [2.45, 2.75) is 37.5 Å². The number of hydrogen-bond acceptors (Lipinski definition) is 4. The summed E-state index contributed by atoms with van der Waals surface area (Å²) in [6, 6.07) is 4.24. The molecule has 0 atom stereocenters. The number of aliphatic hydroxyl groups excluding tert-OH is 1. The van der Waals surface area contributed by atoms with Crippen molar-refractivity contribution >= 4 is 40.6 Å². The number of thioether (sulfide) groups is 1. The number of carbonyl (C=O) groups is 1. The van der Waals surface area contributed by atoms with Gasteiger partial charge in [-0.3, -0.25) is 4.79 Å². The smallest absolute Gasteiger partial charge is 0.232 e. The van der Waals surface area contributed by atoms with Crippen LogP contribution in [0.1, 0.15) is 30.6 Å². The average Bonchev–Trinajstić information content (AvgIpc) is 3.07. The molecule has 20 heavy (non-hydrogen) atoms. The molecule has 0 aliphatic heterocycles. The van der Waals surface area contributed by atoms with Crippen LogP contribution in [-0.2, 0) is 10.5 Å². The van der Waals surface area contributed by atoms with Gasteiger partial charge >= 0.3 is 0 Å². The molecule has 2 rings (SSSR count). The molecule has 1 amide bonds. The first-order valence-electron chi connectivity index (χ1n) is 6.93. The Balaban J connectivity index is 1.78. The van der Waals surface area contributed by atoms with Crippen LogP contribution in [0.5, 0.6) is 0 Å². The Hall–Kier alpha value is -0.230. The van der Waals surface area contributed by atoms with Crippen LogP contribution in [-0.4, -0.2) is 40.9 Å². The van der Waals surface area contributed by atoms with Gasteiger partial charge in [-0.2, -0.15) is 0 Å². The summed E-state index contributed by atoms with van der Waals surface area (Å²) in [5, 5.41) is 9.14. The molecule has 0 radical (unpaired) electrons. The molecule has 3 nitrogen and oxygen atoms in total. The third-order valence-corrected chi connectivity index (χ3v) is 5.91. The predicted molar refractivity (Wildman–Crippen MR) is 86.5 cm³/mol. The second kappa shape index (κ2) is 8.27. The molecule has 0 spiro atoms. The lowest BCUT2D eigenvalue weighted by atomic mass is 10.2. The number of amides is 1. The molecule has 6 heteroatoms. The minimum atomic E-state index is 0.0490. The SMILES string of the molecule is O=C(CSCc1ccc(Cl)s1)N(CCO)C1CCCC1. The molecule has 112 valence electrons. The van der Waals surface area contributed by atoms with Gasteiger partial charge in [0.05, 0.1) is 16.7 Å². The maximum absolute atomic E-state index is 12.3. The van der Waals surface area contributed by atoms with Gasteiger partial charge in [-0.25, -0.2) is 0 Å². The van der Waals surface area contributed by atoms with Crippen LogP contribution in [0, 0.1) is 0 Å². The molecule has 1 fully saturated rings. The molecule has 1 heterocycles. The van der Waals surface area contributed by atoms with E-state index in [1.807, 2.05) is 17.0 Å². The average molecular weight is 334 g/mol. The van der Waals surface area contributed by atoms with Gasteiger partial charge < -0.3 is 10.0 Å². The molecule has 0 saturated heterocycles. The van der Waals surface area contributed by atoms with Crippen LogP contribution >= 0.6 is 34.7 Å². The van der Waals surface area contributed by atoms with Crippen LogP contribution in [0.4, 0.5) is 0 Å². The summed E-state index contributed by atoms with van der Waals surface area (Å²) in [6.45, 7) is 0.516. The lowest BCUT2D eigenvalue weighted by molar-refractivity contribution is -0.131. The van der Waals surface area contributed by atoms with Crippen LogP contribution < -0.4 is 0 Å². The normalized spacial score (nSPS) is 15.7. The molecule has 1 aliphatic rings. The quantitative estimate of drug-likeness (QED) is 0.831. The summed E-state index contributed by atoms with van der Waals surface area (Å²) in [5.41, 5.74) is 0. The van der Waals surface area contributed by atoms with Crippen LogP contribution in [0.3, 0.4) is 0 Å². The Labute approximate surface area is 133 Å². The van der Waals surface area contributed by atoms with Crippen molar-refractivity contribution in [1.29, 1.82) is 0 Å². The lowest BCUT2D eigenvalue weighted by Crippen LogP contribution is -2.41. The highest BCUT2D eigenvalue weighted by Gasteiger charge is 2.25. The zero-order valence-corrected chi connectivity index (χ0v) is 13.8. The zero-order valence-electron chi connectivity index (χ0n) is 11.4. The van der Waals surface area contributed by atoms with E-state index in [0.29, 0.717) is 18.3 Å². The first-order chi connectivity index (χ1) is 9.70. The molecular formula is C14H20ClNO2S2. The topological polar surface area (TPSA) is 40.5 Å². The van der Waals surface area contributed by atoms with E-state index in [0.717, 1.165) is 22.9 Å². The highest BCUT2D eigenvalue weighted by atomic mass is 35.5. The van der Waals surface area contributed by atoms with Gasteiger partial charge in [-0.15, -0.1) is 23.1 Å². The summed E-state index contributed by atoms with van der Waals surface area (Å²) >= 11 is 9.07. The zero-order chi connectivity index (χ0) is 14.4. The molecule has 0 aromatic carbocycles. The van der Waals surface area contributed by atoms with Crippen molar-refractivity contribution in [3.63, 3.8) is 0 Å². The summed E-state index contributed by atoms with van der Waals surface area (Å²) < 4.78 is 0.791. The third kappa shape index (κ3) is 4.65. The van der Waals surface area contributed by atoms with Gasteiger partial charge in [0.25, 0.3) is 0 Å². The van der Waals surface area contributed by atoms with E-state index < -0.39 is 0 Å². The van der Waals surface area contributed by atoms with Crippen molar-refractivity contribution < 1.29 is 9.90 Å². The molecule has 1 N–H and O–H groups in total. The number of hydrogen-bond donors (Lipinski definition) is 1. The van der Waals surface area contributed by atoms with Gasteiger partial charge in [0.2, 0.25) is 5.91 Å². The van der Waals surface area contributed by atoms with E-state index in [1.165, 1.54) is 17.7 Å². The van der Waals surface area contributed by atoms with Crippen molar-refractivity contribution in [2.24, 2.45) is 0 Å². The fourth-order valence-corrected chi connectivity index (χ4v) is 4.69. The second-order valence-corrected chi connectivity index (χ2v) is 7.73. The second-order valence-electron chi connectivity index (χ2n) is 4.95. The minimum absolute atomic E-state index is 0.0490. The Morgan fingerprint density at radius 1 is 1.45 bits per heavy atom. The van der Waals surface area contributed by atoms with Gasteiger partial charge in [0.15, 0.2) is 0 Å². The van der Waals surface area contributed by atoms with Crippen molar-refractivity contribution in [3.05, 3.63) is 21.3 Å². The summed E-state index contributed by atoms with van der Waals surface area (Å²) in [6.07, 6.45) is 4.55. The first kappa shape index (κ1) is 16.1. The van der Waals surface area contributed by atoms with Crippen LogP contribution in [0.25, 0.3) is 0 Å². The van der Waals surface area contributed by atoms with E-state index >= 15 is 0 Å². The monoisotopic (exact) mass is 333 g/mol. The molecule has 1 aliphatic carbocycles. The van der Waals surface area contributed by atoms with E-state index in [-0.39, 0.29) is 12.5 Å². The van der Waals surface area contributed by atoms with E-state index in [4.69, 9.17) is 16.7 Å². The fraction of sp³-hybridized carbons (Fsp3) is 0.643. The minimum Gasteiger partial charge on any atom is -0.395 e. The highest BCUT2D eigenvalue weighted by Crippen LogP contribution is 2.27. The number of rotatable bonds is 7. The van der Waals surface area contributed by atoms with E-state index in [1.54, 1.807) is 23.1 Å². The van der Waals surface area contributed by atoms with Crippen molar-refractivity contribution in [1.82, 2.24) is 4.90 Å². The molecule has 0 bridgehead atoms. The predicted octanol–water partition coefficient (Wildman–Crippen LogP) is 3.40. The van der Waals surface area contributed by atoms with Crippen LogP contribution in [0.15, 0.2) is 12.1 Å². The van der Waals surface area contributed by atoms with Crippen molar-refractivity contribution in [3.8, 4) is 0 Å². The van der Waals surface area contributed by atoms with Gasteiger partial charge in [-0.05, 0) is 25.0 Å².